The fourth-order valence-electron chi connectivity index (χ4n) is 2.26. The van der Waals surface area contributed by atoms with Crippen LogP contribution in [0.1, 0.15) is 27.2 Å². The number of carbonyl (C=O) groups is 1. The second-order valence-electron chi connectivity index (χ2n) is 4.87. The molecular formula is C15H19N3O2. The van der Waals surface area contributed by atoms with Crippen molar-refractivity contribution in [1.29, 1.82) is 0 Å². The van der Waals surface area contributed by atoms with E-state index in [2.05, 4.69) is 10.4 Å². The summed E-state index contributed by atoms with van der Waals surface area (Å²) in [5, 5.41) is 7.12. The Balaban J connectivity index is 2.32. The molecule has 20 heavy (non-hydrogen) atoms. The van der Waals surface area contributed by atoms with E-state index in [0.717, 1.165) is 16.8 Å². The zero-order valence-corrected chi connectivity index (χ0v) is 12.4. The zero-order chi connectivity index (χ0) is 14.9. The number of ether oxygens (including phenoxy) is 1. The lowest BCUT2D eigenvalue weighted by Crippen LogP contribution is -2.14. The average molecular weight is 273 g/mol. The second kappa shape index (κ2) is 5.36. The van der Waals surface area contributed by atoms with Gasteiger partial charge >= 0.3 is 0 Å². The van der Waals surface area contributed by atoms with Crippen LogP contribution in [-0.2, 0) is 7.05 Å². The van der Waals surface area contributed by atoms with Crippen molar-refractivity contribution in [3.63, 3.8) is 0 Å². The van der Waals surface area contributed by atoms with Gasteiger partial charge in [0.05, 0.1) is 12.8 Å². The number of aryl methyl sites for hydroxylation is 4. The van der Waals surface area contributed by atoms with E-state index in [4.69, 9.17) is 4.74 Å². The third kappa shape index (κ3) is 2.52. The number of hydrogen-bond donors (Lipinski definition) is 1. The highest BCUT2D eigenvalue weighted by Crippen LogP contribution is 2.27. The van der Waals surface area contributed by atoms with Crippen LogP contribution in [0.4, 0.5) is 5.69 Å². The predicted octanol–water partition coefficient (Wildman–Crippen LogP) is 2.61. The largest absolute Gasteiger partial charge is 0.480 e. The summed E-state index contributed by atoms with van der Waals surface area (Å²) in [5.74, 6) is 0.387. The topological polar surface area (TPSA) is 56.1 Å². The van der Waals surface area contributed by atoms with E-state index < -0.39 is 0 Å². The van der Waals surface area contributed by atoms with Crippen LogP contribution in [0.15, 0.2) is 18.2 Å². The summed E-state index contributed by atoms with van der Waals surface area (Å²) in [6, 6.07) is 5.75. The van der Waals surface area contributed by atoms with Gasteiger partial charge in [0.1, 0.15) is 5.69 Å². The van der Waals surface area contributed by atoms with Gasteiger partial charge in [0.15, 0.2) is 0 Å². The minimum atomic E-state index is -0.156. The number of rotatable bonds is 3. The van der Waals surface area contributed by atoms with Crippen LogP contribution in [-0.4, -0.2) is 22.8 Å². The highest BCUT2D eigenvalue weighted by atomic mass is 16.5. The molecule has 0 saturated carbocycles. The maximum atomic E-state index is 12.4. The highest BCUT2D eigenvalue weighted by molar-refractivity contribution is 6.06. The lowest BCUT2D eigenvalue weighted by atomic mass is 10.1. The smallest absolute Gasteiger partial charge is 0.256 e. The molecule has 106 valence electrons. The average Bonchev–Trinajstić information content (AvgIpc) is 2.63. The Bertz CT molecular complexity index is 659. The summed E-state index contributed by atoms with van der Waals surface area (Å²) in [4.78, 5) is 12.4. The molecular weight excluding hydrogens is 254 g/mol. The molecule has 0 bridgehead atoms. The van der Waals surface area contributed by atoms with Gasteiger partial charge in [-0.3, -0.25) is 4.79 Å². The predicted molar refractivity (Wildman–Crippen MR) is 78.4 cm³/mol. The van der Waals surface area contributed by atoms with Crippen molar-refractivity contribution in [3.8, 4) is 5.88 Å². The first-order valence-corrected chi connectivity index (χ1v) is 6.40. The molecule has 5 heteroatoms. The molecule has 5 nitrogen and oxygen atoms in total. The molecule has 2 rings (SSSR count). The van der Waals surface area contributed by atoms with Crippen molar-refractivity contribution < 1.29 is 9.53 Å². The molecule has 0 saturated heterocycles. The molecule has 1 amide bonds. The molecule has 1 aromatic heterocycles. The lowest BCUT2D eigenvalue weighted by Gasteiger charge is -2.09. The number of carbonyl (C=O) groups excluding carboxylic acids is 1. The molecule has 0 fully saturated rings. The molecule has 0 aliphatic heterocycles. The normalized spacial score (nSPS) is 10.4. The van der Waals surface area contributed by atoms with Gasteiger partial charge in [-0.2, -0.15) is 5.10 Å². The summed E-state index contributed by atoms with van der Waals surface area (Å²) in [7, 11) is 3.34. The maximum Gasteiger partial charge on any atom is 0.256 e. The van der Waals surface area contributed by atoms with Crippen LogP contribution in [0, 0.1) is 20.8 Å². The minimum Gasteiger partial charge on any atom is -0.480 e. The standard InChI is InChI=1S/C15H19N3O2/c1-9-6-7-12(10(2)8-9)14(19)16-13-11(3)17-18(4)15(13)20-5/h6-8H,1-5H3,(H,16,19). The number of hydrogen-bond acceptors (Lipinski definition) is 3. The molecule has 0 aliphatic carbocycles. The quantitative estimate of drug-likeness (QED) is 0.935. The van der Waals surface area contributed by atoms with Crippen LogP contribution in [0.3, 0.4) is 0 Å². The van der Waals surface area contributed by atoms with Gasteiger partial charge in [0.2, 0.25) is 5.88 Å². The van der Waals surface area contributed by atoms with E-state index in [9.17, 15) is 4.79 Å². The molecule has 0 aliphatic rings. The number of benzene rings is 1. The van der Waals surface area contributed by atoms with Crippen molar-refractivity contribution in [2.45, 2.75) is 20.8 Å². The number of nitrogens with one attached hydrogen (secondary N) is 1. The van der Waals surface area contributed by atoms with Gasteiger partial charge in [-0.15, -0.1) is 0 Å². The van der Waals surface area contributed by atoms with Crippen molar-refractivity contribution in [2.24, 2.45) is 7.05 Å². The molecule has 0 atom stereocenters. The second-order valence-corrected chi connectivity index (χ2v) is 4.87. The number of aromatic nitrogens is 2. The molecule has 0 radical (unpaired) electrons. The molecule has 1 aromatic carbocycles. The van der Waals surface area contributed by atoms with Crippen LogP contribution < -0.4 is 10.1 Å². The van der Waals surface area contributed by atoms with Crippen molar-refractivity contribution in [1.82, 2.24) is 9.78 Å². The van der Waals surface area contributed by atoms with E-state index >= 15 is 0 Å². The van der Waals surface area contributed by atoms with Gasteiger partial charge in [0.25, 0.3) is 5.91 Å². The first-order chi connectivity index (χ1) is 9.43. The third-order valence-corrected chi connectivity index (χ3v) is 3.23. The van der Waals surface area contributed by atoms with Crippen molar-refractivity contribution in [3.05, 3.63) is 40.6 Å². The summed E-state index contributed by atoms with van der Waals surface area (Å²) in [6.07, 6.45) is 0. The first kappa shape index (κ1) is 14.1. The SMILES string of the molecule is COc1c(NC(=O)c2ccc(C)cc2C)c(C)nn1C. The maximum absolute atomic E-state index is 12.4. The van der Waals surface area contributed by atoms with Crippen LogP contribution in [0.25, 0.3) is 0 Å². The monoisotopic (exact) mass is 273 g/mol. The van der Waals surface area contributed by atoms with Gasteiger partial charge in [-0.05, 0) is 32.4 Å². The van der Waals surface area contributed by atoms with Crippen LogP contribution in [0.2, 0.25) is 0 Å². The van der Waals surface area contributed by atoms with Crippen LogP contribution >= 0.6 is 0 Å². The van der Waals surface area contributed by atoms with Gasteiger partial charge in [0, 0.05) is 12.6 Å². The molecule has 1 N–H and O–H groups in total. The van der Waals surface area contributed by atoms with Crippen molar-refractivity contribution in [2.75, 3.05) is 12.4 Å². The molecule has 0 spiro atoms. The number of nitrogens with zero attached hydrogens (tertiary/aromatic N) is 2. The van der Waals surface area contributed by atoms with Crippen molar-refractivity contribution >= 4 is 11.6 Å². The van der Waals surface area contributed by atoms with E-state index in [1.54, 1.807) is 18.8 Å². The first-order valence-electron chi connectivity index (χ1n) is 6.40. The Kier molecular flexibility index (Phi) is 3.79. The van der Waals surface area contributed by atoms with E-state index in [-0.39, 0.29) is 5.91 Å². The van der Waals surface area contributed by atoms with E-state index in [1.165, 1.54) is 0 Å². The zero-order valence-electron chi connectivity index (χ0n) is 12.4. The Morgan fingerprint density at radius 2 is 2.00 bits per heavy atom. The number of methoxy groups -OCH3 is 1. The number of amides is 1. The minimum absolute atomic E-state index is 0.156. The summed E-state index contributed by atoms with van der Waals surface area (Å²) in [5.41, 5.74) is 4.07. The van der Waals surface area contributed by atoms with Gasteiger partial charge < -0.3 is 10.1 Å². The molecule has 1 heterocycles. The van der Waals surface area contributed by atoms with E-state index in [1.807, 2.05) is 39.0 Å². The fourth-order valence-corrected chi connectivity index (χ4v) is 2.26. The Morgan fingerprint density at radius 3 is 2.60 bits per heavy atom. The molecule has 2 aromatic rings. The Morgan fingerprint density at radius 1 is 1.30 bits per heavy atom. The lowest BCUT2D eigenvalue weighted by molar-refractivity contribution is 0.102. The Labute approximate surface area is 118 Å². The summed E-state index contributed by atoms with van der Waals surface area (Å²) < 4.78 is 6.87. The summed E-state index contributed by atoms with van der Waals surface area (Å²) in [6.45, 7) is 5.76. The molecule has 0 unspecified atom stereocenters. The van der Waals surface area contributed by atoms with Crippen LogP contribution in [0.5, 0.6) is 5.88 Å². The highest BCUT2D eigenvalue weighted by Gasteiger charge is 2.18. The van der Waals surface area contributed by atoms with Gasteiger partial charge in [-0.1, -0.05) is 17.7 Å². The Hall–Kier alpha value is -2.30. The number of anilines is 1. The fraction of sp³-hybridized carbons (Fsp3) is 0.333. The van der Waals surface area contributed by atoms with Gasteiger partial charge in [-0.25, -0.2) is 4.68 Å². The third-order valence-electron chi connectivity index (χ3n) is 3.23. The summed E-state index contributed by atoms with van der Waals surface area (Å²) >= 11 is 0. The van der Waals surface area contributed by atoms with E-state index in [0.29, 0.717) is 17.1 Å².